The Morgan fingerprint density at radius 1 is 1.10 bits per heavy atom. The molecule has 106 valence electrons. The maximum Gasteiger partial charge on any atom is 0.151 e. The molecule has 4 saturated carbocycles. The van der Waals surface area contributed by atoms with Gasteiger partial charge in [0.2, 0.25) is 0 Å². The quantitative estimate of drug-likeness (QED) is 0.693. The first kappa shape index (κ1) is 13.1. The SMILES string of the molecule is Cc1cc(Br)c(C=O)cc1C12CC3CC(CC(C3)C1)C2. The Balaban J connectivity index is 1.82. The molecule has 0 N–H and O–H groups in total. The Morgan fingerprint density at radius 2 is 1.65 bits per heavy atom. The van der Waals surface area contributed by atoms with Gasteiger partial charge in [-0.2, -0.15) is 0 Å². The zero-order valence-electron chi connectivity index (χ0n) is 12.0. The molecule has 5 rings (SSSR count). The van der Waals surface area contributed by atoms with E-state index in [0.717, 1.165) is 34.1 Å². The largest absolute Gasteiger partial charge is 0.298 e. The van der Waals surface area contributed by atoms with Gasteiger partial charge in [-0.1, -0.05) is 15.9 Å². The minimum Gasteiger partial charge on any atom is -0.298 e. The third kappa shape index (κ3) is 1.83. The van der Waals surface area contributed by atoms with Gasteiger partial charge in [-0.05, 0) is 91.9 Å². The third-order valence-electron chi connectivity index (χ3n) is 6.08. The molecule has 4 aliphatic rings. The van der Waals surface area contributed by atoms with Crippen LogP contribution in [0.25, 0.3) is 0 Å². The van der Waals surface area contributed by atoms with E-state index < -0.39 is 0 Å². The van der Waals surface area contributed by atoms with Gasteiger partial charge in [0, 0.05) is 10.0 Å². The van der Waals surface area contributed by atoms with Crippen LogP contribution >= 0.6 is 15.9 Å². The Labute approximate surface area is 129 Å². The number of aryl methyl sites for hydroxylation is 1. The zero-order chi connectivity index (χ0) is 13.9. The van der Waals surface area contributed by atoms with Gasteiger partial charge < -0.3 is 0 Å². The average molecular weight is 333 g/mol. The number of carbonyl (C=O) groups is 1. The number of benzene rings is 1. The first-order chi connectivity index (χ1) is 9.59. The maximum atomic E-state index is 11.3. The Hall–Kier alpha value is -0.630. The van der Waals surface area contributed by atoms with E-state index in [2.05, 4.69) is 35.0 Å². The molecule has 0 atom stereocenters. The van der Waals surface area contributed by atoms with Crippen molar-refractivity contribution in [3.8, 4) is 0 Å². The topological polar surface area (TPSA) is 17.1 Å². The summed E-state index contributed by atoms with van der Waals surface area (Å²) in [5, 5.41) is 0. The van der Waals surface area contributed by atoms with E-state index >= 15 is 0 Å². The minimum atomic E-state index is 0.386. The molecule has 0 amide bonds. The van der Waals surface area contributed by atoms with Crippen LogP contribution < -0.4 is 0 Å². The van der Waals surface area contributed by atoms with Gasteiger partial charge >= 0.3 is 0 Å². The van der Waals surface area contributed by atoms with Crippen LogP contribution in [0, 0.1) is 24.7 Å². The Kier molecular flexibility index (Phi) is 2.89. The normalized spacial score (nSPS) is 38.2. The highest BCUT2D eigenvalue weighted by molar-refractivity contribution is 9.10. The summed E-state index contributed by atoms with van der Waals surface area (Å²) in [6.45, 7) is 2.22. The van der Waals surface area contributed by atoms with E-state index in [1.807, 2.05) is 0 Å². The molecule has 20 heavy (non-hydrogen) atoms. The molecule has 1 aromatic rings. The summed E-state index contributed by atoms with van der Waals surface area (Å²) in [5.74, 6) is 2.84. The fourth-order valence-electron chi connectivity index (χ4n) is 5.79. The summed E-state index contributed by atoms with van der Waals surface area (Å²) in [7, 11) is 0. The van der Waals surface area contributed by atoms with Gasteiger partial charge in [0.1, 0.15) is 0 Å². The van der Waals surface area contributed by atoms with E-state index in [-0.39, 0.29) is 0 Å². The summed E-state index contributed by atoms with van der Waals surface area (Å²) in [6, 6.07) is 4.33. The summed E-state index contributed by atoms with van der Waals surface area (Å²) >= 11 is 3.52. The summed E-state index contributed by atoms with van der Waals surface area (Å²) < 4.78 is 0.943. The molecular formula is C18H21BrO. The minimum absolute atomic E-state index is 0.386. The molecule has 0 aliphatic heterocycles. The van der Waals surface area contributed by atoms with E-state index in [0.29, 0.717) is 5.41 Å². The number of carbonyl (C=O) groups excluding carboxylic acids is 1. The molecule has 2 heteroatoms. The zero-order valence-corrected chi connectivity index (χ0v) is 13.6. The van der Waals surface area contributed by atoms with Crippen molar-refractivity contribution in [3.63, 3.8) is 0 Å². The highest BCUT2D eigenvalue weighted by Crippen LogP contribution is 2.61. The third-order valence-corrected chi connectivity index (χ3v) is 6.77. The van der Waals surface area contributed by atoms with Crippen LogP contribution in [-0.2, 0) is 5.41 Å². The van der Waals surface area contributed by atoms with E-state index in [4.69, 9.17) is 0 Å². The standard InChI is InChI=1S/C18H21BrO/c1-11-2-17(19)15(10-20)6-16(11)18-7-12-3-13(8-18)5-14(4-12)9-18/h2,6,10,12-14H,3-5,7-9H2,1H3. The molecule has 0 radical (unpaired) electrons. The monoisotopic (exact) mass is 332 g/mol. The Bertz CT molecular complexity index is 540. The molecule has 4 bridgehead atoms. The molecule has 0 saturated heterocycles. The van der Waals surface area contributed by atoms with Gasteiger partial charge in [0.05, 0.1) is 0 Å². The molecule has 4 aliphatic carbocycles. The van der Waals surface area contributed by atoms with Crippen molar-refractivity contribution in [2.45, 2.75) is 50.9 Å². The van der Waals surface area contributed by atoms with Crippen LogP contribution in [0.5, 0.6) is 0 Å². The van der Waals surface area contributed by atoms with Crippen molar-refractivity contribution < 1.29 is 4.79 Å². The molecule has 0 aromatic heterocycles. The van der Waals surface area contributed by atoms with Gasteiger partial charge in [0.25, 0.3) is 0 Å². The van der Waals surface area contributed by atoms with Crippen molar-refractivity contribution in [1.82, 2.24) is 0 Å². The number of halogens is 1. The van der Waals surface area contributed by atoms with Crippen molar-refractivity contribution in [2.75, 3.05) is 0 Å². The highest BCUT2D eigenvalue weighted by atomic mass is 79.9. The molecule has 0 unspecified atom stereocenters. The predicted molar refractivity (Wildman–Crippen MR) is 84.1 cm³/mol. The highest BCUT2D eigenvalue weighted by Gasteiger charge is 2.52. The van der Waals surface area contributed by atoms with Gasteiger partial charge in [-0.3, -0.25) is 4.79 Å². The molecule has 1 nitrogen and oxygen atoms in total. The van der Waals surface area contributed by atoms with Gasteiger partial charge in [-0.15, -0.1) is 0 Å². The lowest BCUT2D eigenvalue weighted by atomic mass is 9.47. The lowest BCUT2D eigenvalue weighted by Gasteiger charge is -2.57. The van der Waals surface area contributed by atoms with Crippen LogP contribution in [-0.4, -0.2) is 6.29 Å². The van der Waals surface area contributed by atoms with Crippen molar-refractivity contribution in [1.29, 1.82) is 0 Å². The average Bonchev–Trinajstić information content (AvgIpc) is 2.36. The molecule has 0 spiro atoms. The summed E-state index contributed by atoms with van der Waals surface area (Å²) in [5.41, 5.74) is 4.05. The summed E-state index contributed by atoms with van der Waals surface area (Å²) in [4.78, 5) is 11.3. The van der Waals surface area contributed by atoms with Crippen LogP contribution in [0.2, 0.25) is 0 Å². The second kappa shape index (κ2) is 4.43. The molecule has 4 fully saturated rings. The maximum absolute atomic E-state index is 11.3. The lowest BCUT2D eigenvalue weighted by molar-refractivity contribution is -0.00548. The van der Waals surface area contributed by atoms with Crippen LogP contribution in [0.3, 0.4) is 0 Å². The Morgan fingerprint density at radius 3 is 2.15 bits per heavy atom. The molecule has 0 heterocycles. The number of rotatable bonds is 2. The van der Waals surface area contributed by atoms with Crippen molar-refractivity contribution >= 4 is 22.2 Å². The summed E-state index contributed by atoms with van der Waals surface area (Å²) in [6.07, 6.45) is 9.48. The van der Waals surface area contributed by atoms with Crippen molar-refractivity contribution in [3.05, 3.63) is 33.3 Å². The molecular weight excluding hydrogens is 312 g/mol. The van der Waals surface area contributed by atoms with Crippen molar-refractivity contribution in [2.24, 2.45) is 17.8 Å². The first-order valence-electron chi connectivity index (χ1n) is 7.85. The number of hydrogen-bond donors (Lipinski definition) is 0. The van der Waals surface area contributed by atoms with E-state index in [1.54, 1.807) is 0 Å². The number of hydrogen-bond acceptors (Lipinski definition) is 1. The second-order valence-corrected chi connectivity index (χ2v) is 8.36. The van der Waals surface area contributed by atoms with Crippen LogP contribution in [0.1, 0.15) is 60.0 Å². The predicted octanol–water partition coefficient (Wildman–Crippen LogP) is 5.04. The molecule has 1 aromatic carbocycles. The van der Waals surface area contributed by atoms with E-state index in [9.17, 15) is 4.79 Å². The smallest absolute Gasteiger partial charge is 0.151 e. The fourth-order valence-corrected chi connectivity index (χ4v) is 6.34. The lowest BCUT2D eigenvalue weighted by Crippen LogP contribution is -2.48. The van der Waals surface area contributed by atoms with E-state index in [1.165, 1.54) is 49.7 Å². The van der Waals surface area contributed by atoms with Crippen LogP contribution in [0.4, 0.5) is 0 Å². The van der Waals surface area contributed by atoms with Crippen LogP contribution in [0.15, 0.2) is 16.6 Å². The first-order valence-corrected chi connectivity index (χ1v) is 8.65. The fraction of sp³-hybridized carbons (Fsp3) is 0.611. The van der Waals surface area contributed by atoms with Gasteiger partial charge in [0.15, 0.2) is 6.29 Å². The van der Waals surface area contributed by atoms with Gasteiger partial charge in [-0.25, -0.2) is 0 Å². The second-order valence-electron chi connectivity index (χ2n) is 7.50. The number of aldehydes is 1.